The summed E-state index contributed by atoms with van der Waals surface area (Å²) in [4.78, 5) is 28.3. The van der Waals surface area contributed by atoms with Crippen LogP contribution in [0.3, 0.4) is 0 Å². The second kappa shape index (κ2) is 3.90. The number of imidazole rings is 1. The summed E-state index contributed by atoms with van der Waals surface area (Å²) >= 11 is 3.34. The third-order valence-electron chi connectivity index (χ3n) is 2.39. The van der Waals surface area contributed by atoms with Gasteiger partial charge in [-0.1, -0.05) is 13.8 Å². The fraction of sp³-hybridized carbons (Fsp3) is 0.273. The van der Waals surface area contributed by atoms with E-state index in [0.29, 0.717) is 21.1 Å². The SMILES string of the molecule is CC(C)C(=O)c1cc2[nH]c(=O)[nH]c2cc1Br. The molecule has 0 aliphatic carbocycles. The van der Waals surface area contributed by atoms with E-state index in [4.69, 9.17) is 0 Å². The first-order valence-electron chi connectivity index (χ1n) is 4.95. The highest BCUT2D eigenvalue weighted by Crippen LogP contribution is 2.24. The zero-order chi connectivity index (χ0) is 11.9. The maximum absolute atomic E-state index is 11.9. The van der Waals surface area contributed by atoms with Crippen molar-refractivity contribution in [3.8, 4) is 0 Å². The zero-order valence-electron chi connectivity index (χ0n) is 8.93. The predicted octanol–water partition coefficient (Wildman–Crippen LogP) is 2.46. The third kappa shape index (κ3) is 1.82. The average Bonchev–Trinajstić information content (AvgIpc) is 2.54. The van der Waals surface area contributed by atoms with Crippen LogP contribution in [0.4, 0.5) is 0 Å². The van der Waals surface area contributed by atoms with Gasteiger partial charge >= 0.3 is 5.69 Å². The lowest BCUT2D eigenvalue weighted by molar-refractivity contribution is 0.0939. The number of halogens is 1. The number of hydrogen-bond acceptors (Lipinski definition) is 2. The largest absolute Gasteiger partial charge is 0.323 e. The van der Waals surface area contributed by atoms with E-state index in [9.17, 15) is 9.59 Å². The molecule has 0 saturated heterocycles. The molecule has 0 bridgehead atoms. The number of aromatic amines is 2. The molecule has 84 valence electrons. The van der Waals surface area contributed by atoms with Gasteiger partial charge in [0.05, 0.1) is 11.0 Å². The molecule has 2 N–H and O–H groups in total. The lowest BCUT2D eigenvalue weighted by Gasteiger charge is -2.06. The van der Waals surface area contributed by atoms with Gasteiger partial charge in [-0.2, -0.15) is 0 Å². The number of hydrogen-bond donors (Lipinski definition) is 2. The number of nitrogens with one attached hydrogen (secondary N) is 2. The number of carbonyl (C=O) groups is 1. The summed E-state index contributed by atoms with van der Waals surface area (Å²) in [6, 6.07) is 3.43. The predicted molar refractivity (Wildman–Crippen MR) is 65.8 cm³/mol. The molecule has 0 spiro atoms. The average molecular weight is 283 g/mol. The van der Waals surface area contributed by atoms with E-state index >= 15 is 0 Å². The molecule has 1 aromatic carbocycles. The normalized spacial score (nSPS) is 11.2. The van der Waals surface area contributed by atoms with E-state index in [2.05, 4.69) is 25.9 Å². The summed E-state index contributed by atoms with van der Waals surface area (Å²) in [6.45, 7) is 3.69. The summed E-state index contributed by atoms with van der Waals surface area (Å²) in [6.07, 6.45) is 0. The Bertz CT molecular complexity index is 610. The standard InChI is InChI=1S/C11H11BrN2O2/c1-5(2)10(15)6-3-8-9(4-7(6)12)14-11(16)13-8/h3-5H,1-2H3,(H2,13,14,16). The molecule has 5 heteroatoms. The van der Waals surface area contributed by atoms with Gasteiger partial charge < -0.3 is 9.97 Å². The molecular formula is C11H11BrN2O2. The first-order chi connectivity index (χ1) is 7.49. The van der Waals surface area contributed by atoms with E-state index in [0.717, 1.165) is 0 Å². The molecule has 1 aromatic heterocycles. The van der Waals surface area contributed by atoms with Crippen molar-refractivity contribution in [2.75, 3.05) is 0 Å². The molecule has 0 atom stereocenters. The van der Waals surface area contributed by atoms with Gasteiger partial charge in [-0.3, -0.25) is 4.79 Å². The molecule has 2 rings (SSSR count). The van der Waals surface area contributed by atoms with Crippen LogP contribution in [0.2, 0.25) is 0 Å². The molecule has 0 saturated carbocycles. The Labute approximate surface area is 100 Å². The number of carbonyl (C=O) groups excluding carboxylic acids is 1. The Kier molecular flexibility index (Phi) is 2.71. The molecule has 0 amide bonds. The molecular weight excluding hydrogens is 272 g/mol. The monoisotopic (exact) mass is 282 g/mol. The molecule has 2 aromatic rings. The highest BCUT2D eigenvalue weighted by molar-refractivity contribution is 9.10. The topological polar surface area (TPSA) is 65.7 Å². The molecule has 0 radical (unpaired) electrons. The Morgan fingerprint density at radius 2 is 1.81 bits per heavy atom. The van der Waals surface area contributed by atoms with Crippen molar-refractivity contribution in [1.82, 2.24) is 9.97 Å². The zero-order valence-corrected chi connectivity index (χ0v) is 10.5. The quantitative estimate of drug-likeness (QED) is 0.831. The molecule has 4 nitrogen and oxygen atoms in total. The van der Waals surface area contributed by atoms with Gasteiger partial charge in [0.25, 0.3) is 0 Å². The second-order valence-electron chi connectivity index (χ2n) is 3.98. The van der Waals surface area contributed by atoms with Crippen LogP contribution in [-0.2, 0) is 0 Å². The minimum atomic E-state index is -0.268. The van der Waals surface area contributed by atoms with E-state index < -0.39 is 0 Å². The van der Waals surface area contributed by atoms with Crippen molar-refractivity contribution < 1.29 is 4.79 Å². The highest BCUT2D eigenvalue weighted by atomic mass is 79.9. The number of aromatic nitrogens is 2. The first kappa shape index (κ1) is 11.1. The van der Waals surface area contributed by atoms with Crippen molar-refractivity contribution >= 4 is 32.7 Å². The molecule has 16 heavy (non-hydrogen) atoms. The van der Waals surface area contributed by atoms with Gasteiger partial charge in [0.1, 0.15) is 0 Å². The van der Waals surface area contributed by atoms with Crippen LogP contribution < -0.4 is 5.69 Å². The second-order valence-corrected chi connectivity index (χ2v) is 4.83. The summed E-state index contributed by atoms with van der Waals surface area (Å²) in [5.74, 6) is -0.0183. The van der Waals surface area contributed by atoms with Gasteiger partial charge in [-0.15, -0.1) is 0 Å². The Balaban J connectivity index is 2.66. The lowest BCUT2D eigenvalue weighted by Crippen LogP contribution is -2.08. The van der Waals surface area contributed by atoms with Crippen molar-refractivity contribution in [3.05, 3.63) is 32.7 Å². The molecule has 0 aliphatic heterocycles. The number of rotatable bonds is 2. The number of fused-ring (bicyclic) bond motifs is 1. The first-order valence-corrected chi connectivity index (χ1v) is 5.74. The van der Waals surface area contributed by atoms with Gasteiger partial charge in [0, 0.05) is 16.0 Å². The van der Waals surface area contributed by atoms with Crippen molar-refractivity contribution in [2.45, 2.75) is 13.8 Å². The maximum Gasteiger partial charge on any atom is 0.323 e. The third-order valence-corrected chi connectivity index (χ3v) is 3.05. The van der Waals surface area contributed by atoms with Crippen LogP contribution in [0.1, 0.15) is 24.2 Å². The minimum Gasteiger partial charge on any atom is -0.306 e. The maximum atomic E-state index is 11.9. The minimum absolute atomic E-state index is 0.0517. The summed E-state index contributed by atoms with van der Waals surface area (Å²) < 4.78 is 0.703. The number of benzene rings is 1. The molecule has 0 aliphatic rings. The van der Waals surface area contributed by atoms with Gasteiger partial charge in [0.15, 0.2) is 5.78 Å². The lowest BCUT2D eigenvalue weighted by atomic mass is 10.0. The van der Waals surface area contributed by atoms with Crippen LogP contribution in [-0.4, -0.2) is 15.8 Å². The van der Waals surface area contributed by atoms with E-state index in [1.54, 1.807) is 12.1 Å². The number of H-pyrrole nitrogens is 2. The van der Waals surface area contributed by atoms with E-state index in [1.165, 1.54) is 0 Å². The van der Waals surface area contributed by atoms with Crippen molar-refractivity contribution in [3.63, 3.8) is 0 Å². The van der Waals surface area contributed by atoms with Crippen LogP contribution in [0.25, 0.3) is 11.0 Å². The van der Waals surface area contributed by atoms with Gasteiger partial charge in [-0.05, 0) is 28.1 Å². The Hall–Kier alpha value is -1.36. The van der Waals surface area contributed by atoms with Crippen LogP contribution in [0.5, 0.6) is 0 Å². The summed E-state index contributed by atoms with van der Waals surface area (Å²) in [5.41, 5.74) is 1.67. The molecule has 0 unspecified atom stereocenters. The van der Waals surface area contributed by atoms with E-state index in [1.807, 2.05) is 13.8 Å². The van der Waals surface area contributed by atoms with Crippen LogP contribution in [0, 0.1) is 5.92 Å². The summed E-state index contributed by atoms with van der Waals surface area (Å²) in [7, 11) is 0. The van der Waals surface area contributed by atoms with Crippen molar-refractivity contribution in [1.29, 1.82) is 0 Å². The fourth-order valence-corrected chi connectivity index (χ4v) is 2.09. The van der Waals surface area contributed by atoms with E-state index in [-0.39, 0.29) is 17.4 Å². The molecule has 0 fully saturated rings. The number of Topliss-reactive ketones (excluding diaryl/α,β-unsaturated/α-hetero) is 1. The van der Waals surface area contributed by atoms with Gasteiger partial charge in [-0.25, -0.2) is 4.79 Å². The van der Waals surface area contributed by atoms with Crippen LogP contribution >= 0.6 is 15.9 Å². The molecule has 1 heterocycles. The highest BCUT2D eigenvalue weighted by Gasteiger charge is 2.15. The summed E-state index contributed by atoms with van der Waals surface area (Å²) in [5, 5.41) is 0. The fourth-order valence-electron chi connectivity index (χ4n) is 1.56. The Morgan fingerprint density at radius 1 is 1.25 bits per heavy atom. The Morgan fingerprint density at radius 3 is 2.38 bits per heavy atom. The smallest absolute Gasteiger partial charge is 0.306 e. The van der Waals surface area contributed by atoms with Crippen molar-refractivity contribution in [2.24, 2.45) is 5.92 Å². The van der Waals surface area contributed by atoms with Gasteiger partial charge in [0.2, 0.25) is 0 Å². The number of ketones is 1. The van der Waals surface area contributed by atoms with Crippen LogP contribution in [0.15, 0.2) is 21.4 Å².